The number of phenols is 1. The van der Waals surface area contributed by atoms with E-state index in [0.29, 0.717) is 0 Å². The third-order valence-electron chi connectivity index (χ3n) is 12.2. The molecule has 2 aromatic heterocycles. The smallest absolute Gasteiger partial charge is 0.128 e. The van der Waals surface area contributed by atoms with Crippen LogP contribution in [0.15, 0.2) is 134 Å². The van der Waals surface area contributed by atoms with E-state index in [9.17, 15) is 5.11 Å². The summed E-state index contributed by atoms with van der Waals surface area (Å²) in [6, 6.07) is 46.0. The summed E-state index contributed by atoms with van der Waals surface area (Å²) in [6.07, 6.45) is 1.93. The van der Waals surface area contributed by atoms with Crippen LogP contribution in [0.3, 0.4) is 0 Å². The van der Waals surface area contributed by atoms with Gasteiger partial charge in [-0.3, -0.25) is 4.98 Å². The third kappa shape index (κ3) is 8.59. The molecule has 0 aliphatic carbocycles. The molecule has 7 rings (SSSR count). The van der Waals surface area contributed by atoms with Gasteiger partial charge in [0.1, 0.15) is 5.75 Å². The fourth-order valence-corrected chi connectivity index (χ4v) is 8.29. The molecule has 0 saturated heterocycles. The summed E-state index contributed by atoms with van der Waals surface area (Å²) in [7, 11) is 0. The van der Waals surface area contributed by atoms with E-state index in [1.807, 2.05) is 6.20 Å². The Labute approximate surface area is 359 Å². The van der Waals surface area contributed by atoms with E-state index in [2.05, 4.69) is 217 Å². The highest BCUT2D eigenvalue weighted by Crippen LogP contribution is 2.44. The molecule has 0 saturated carbocycles. The van der Waals surface area contributed by atoms with Crippen LogP contribution in [0.25, 0.3) is 56.0 Å². The van der Waals surface area contributed by atoms with E-state index in [1.54, 1.807) is 0 Å². The number of pyridine rings is 2. The van der Waals surface area contributed by atoms with Crippen LogP contribution in [-0.4, -0.2) is 15.1 Å². The van der Waals surface area contributed by atoms with E-state index in [-0.39, 0.29) is 27.4 Å². The molecule has 0 bridgehead atoms. The van der Waals surface area contributed by atoms with Gasteiger partial charge < -0.3 is 5.11 Å². The van der Waals surface area contributed by atoms with Gasteiger partial charge in [0, 0.05) is 33.9 Å². The van der Waals surface area contributed by atoms with Crippen LogP contribution in [0.4, 0.5) is 0 Å². The molecule has 0 unspecified atom stereocenters. The van der Waals surface area contributed by atoms with Crippen LogP contribution < -0.4 is 0 Å². The standard InChI is InChI=1S/C57H62N2O/c1-36-18-17-19-37(2)52(36)39-26-27-58-49(31-39)41-28-42(30-45(29-41)54(3,4)5)50-32-40(38-22-24-44(25-23-38)57(12,13)43-20-15-14-16-21-43)33-51(59-50)47-34-46(55(6,7)8)35-48(53(47)60)56(9,10)11/h14-35,60H,1-13H3. The second kappa shape index (κ2) is 15.7. The lowest BCUT2D eigenvalue weighted by molar-refractivity contribution is 0.446. The number of phenolic OH excluding ortho intramolecular Hbond substituents is 1. The topological polar surface area (TPSA) is 46.0 Å². The van der Waals surface area contributed by atoms with Gasteiger partial charge in [0.05, 0.1) is 17.1 Å². The highest BCUT2D eigenvalue weighted by molar-refractivity contribution is 5.82. The minimum atomic E-state index is -0.282. The zero-order valence-corrected chi connectivity index (χ0v) is 38.0. The monoisotopic (exact) mass is 790 g/mol. The summed E-state index contributed by atoms with van der Waals surface area (Å²) in [5, 5.41) is 12.2. The average Bonchev–Trinajstić information content (AvgIpc) is 3.20. The van der Waals surface area contributed by atoms with Crippen molar-refractivity contribution in [2.75, 3.05) is 0 Å². The predicted octanol–water partition coefficient (Wildman–Crippen LogP) is 15.4. The lowest BCUT2D eigenvalue weighted by Gasteiger charge is -2.28. The molecule has 1 N–H and O–H groups in total. The van der Waals surface area contributed by atoms with Gasteiger partial charge in [-0.15, -0.1) is 0 Å². The normalized spacial score (nSPS) is 12.5. The lowest BCUT2D eigenvalue weighted by Crippen LogP contribution is -2.18. The Balaban J connectivity index is 1.46. The Morgan fingerprint density at radius 1 is 0.417 bits per heavy atom. The zero-order valence-electron chi connectivity index (χ0n) is 38.0. The molecule has 0 radical (unpaired) electrons. The number of hydrogen-bond donors (Lipinski definition) is 1. The summed E-state index contributed by atoms with van der Waals surface area (Å²) in [5.74, 6) is 0.280. The van der Waals surface area contributed by atoms with Crippen molar-refractivity contribution in [1.29, 1.82) is 0 Å². The Bertz CT molecular complexity index is 2660. The fraction of sp³-hybridized carbons (Fsp3) is 0.298. The maximum absolute atomic E-state index is 12.2. The first kappa shape index (κ1) is 42.3. The van der Waals surface area contributed by atoms with Crippen molar-refractivity contribution in [1.82, 2.24) is 9.97 Å². The third-order valence-corrected chi connectivity index (χ3v) is 12.2. The maximum atomic E-state index is 12.2. The van der Waals surface area contributed by atoms with E-state index in [4.69, 9.17) is 9.97 Å². The Morgan fingerprint density at radius 2 is 0.967 bits per heavy atom. The zero-order chi connectivity index (χ0) is 43.4. The van der Waals surface area contributed by atoms with Crippen molar-refractivity contribution >= 4 is 0 Å². The van der Waals surface area contributed by atoms with E-state index < -0.39 is 0 Å². The van der Waals surface area contributed by atoms with Crippen LogP contribution in [0.2, 0.25) is 0 Å². The van der Waals surface area contributed by atoms with Gasteiger partial charge >= 0.3 is 0 Å². The minimum absolute atomic E-state index is 0.140. The second-order valence-corrected chi connectivity index (χ2v) is 20.4. The molecule has 0 aliphatic rings. The van der Waals surface area contributed by atoms with E-state index >= 15 is 0 Å². The molecule has 3 heteroatoms. The van der Waals surface area contributed by atoms with Crippen LogP contribution >= 0.6 is 0 Å². The molecule has 0 fully saturated rings. The van der Waals surface area contributed by atoms with Gasteiger partial charge in [0.15, 0.2) is 0 Å². The van der Waals surface area contributed by atoms with Gasteiger partial charge in [-0.25, -0.2) is 4.98 Å². The Morgan fingerprint density at radius 3 is 1.57 bits per heavy atom. The van der Waals surface area contributed by atoms with Crippen molar-refractivity contribution in [3.05, 3.63) is 173 Å². The second-order valence-electron chi connectivity index (χ2n) is 20.4. The highest BCUT2D eigenvalue weighted by atomic mass is 16.3. The maximum Gasteiger partial charge on any atom is 0.128 e. The van der Waals surface area contributed by atoms with Gasteiger partial charge in [-0.1, -0.05) is 155 Å². The minimum Gasteiger partial charge on any atom is -0.507 e. The van der Waals surface area contributed by atoms with E-state index in [1.165, 1.54) is 33.4 Å². The van der Waals surface area contributed by atoms with Gasteiger partial charge in [0.2, 0.25) is 0 Å². The highest BCUT2D eigenvalue weighted by Gasteiger charge is 2.28. The van der Waals surface area contributed by atoms with Crippen molar-refractivity contribution in [3.8, 4) is 61.8 Å². The Kier molecular flexibility index (Phi) is 11.1. The molecule has 7 aromatic rings. The molecule has 0 spiro atoms. The largest absolute Gasteiger partial charge is 0.507 e. The van der Waals surface area contributed by atoms with Crippen LogP contribution in [0.1, 0.15) is 115 Å². The number of nitrogens with zero attached hydrogens (tertiary/aromatic N) is 2. The number of hydrogen-bond acceptors (Lipinski definition) is 3. The molecule has 3 nitrogen and oxygen atoms in total. The molecule has 60 heavy (non-hydrogen) atoms. The van der Waals surface area contributed by atoms with Gasteiger partial charge in [0.25, 0.3) is 0 Å². The quantitative estimate of drug-likeness (QED) is 0.175. The summed E-state index contributed by atoms with van der Waals surface area (Å²) in [5.41, 5.74) is 17.4. The SMILES string of the molecule is Cc1cccc(C)c1-c1ccnc(-c2cc(-c3cc(-c4ccc(C(C)(C)c5ccccc5)cc4)cc(-c4cc(C(C)(C)C)cc(C(C)(C)C)c4O)n3)cc(C(C)(C)C)c2)c1. The average molecular weight is 791 g/mol. The van der Waals surface area contributed by atoms with Crippen LogP contribution in [-0.2, 0) is 21.7 Å². The van der Waals surface area contributed by atoms with Crippen molar-refractivity contribution in [2.24, 2.45) is 0 Å². The molecular formula is C57H62N2O. The predicted molar refractivity (Wildman–Crippen MR) is 255 cm³/mol. The molecular weight excluding hydrogens is 729 g/mol. The number of aromatic nitrogens is 2. The molecule has 306 valence electrons. The van der Waals surface area contributed by atoms with E-state index in [0.717, 1.165) is 61.6 Å². The van der Waals surface area contributed by atoms with Crippen molar-refractivity contribution < 1.29 is 5.11 Å². The summed E-state index contributed by atoms with van der Waals surface area (Å²) in [4.78, 5) is 10.4. The first-order chi connectivity index (χ1) is 28.1. The van der Waals surface area contributed by atoms with Gasteiger partial charge in [-0.05, 0) is 134 Å². The number of aryl methyl sites for hydroxylation is 2. The first-order valence-electron chi connectivity index (χ1n) is 21.4. The Hall–Kier alpha value is -5.80. The van der Waals surface area contributed by atoms with Crippen LogP contribution in [0, 0.1) is 13.8 Å². The van der Waals surface area contributed by atoms with Crippen molar-refractivity contribution in [2.45, 2.75) is 112 Å². The number of rotatable bonds is 7. The number of benzene rings is 5. The molecule has 0 atom stereocenters. The molecule has 0 aliphatic heterocycles. The summed E-state index contributed by atoms with van der Waals surface area (Å²) < 4.78 is 0. The summed E-state index contributed by atoms with van der Waals surface area (Å²) >= 11 is 0. The van der Waals surface area contributed by atoms with Gasteiger partial charge in [-0.2, -0.15) is 0 Å². The summed E-state index contributed by atoms with van der Waals surface area (Å²) in [6.45, 7) is 28.9. The molecule has 5 aromatic carbocycles. The van der Waals surface area contributed by atoms with Crippen LogP contribution in [0.5, 0.6) is 5.75 Å². The molecule has 0 amide bonds. The lowest BCUT2D eigenvalue weighted by atomic mass is 9.77. The molecule has 2 heterocycles. The first-order valence-corrected chi connectivity index (χ1v) is 21.4. The number of aromatic hydroxyl groups is 1. The van der Waals surface area contributed by atoms with Crippen molar-refractivity contribution in [3.63, 3.8) is 0 Å². The fourth-order valence-electron chi connectivity index (χ4n) is 8.29.